The monoisotopic (exact) mass is 295 g/mol. The van der Waals surface area contributed by atoms with Crippen LogP contribution in [0.3, 0.4) is 0 Å². The van der Waals surface area contributed by atoms with Crippen molar-refractivity contribution in [1.29, 1.82) is 0 Å². The molecule has 0 aliphatic carbocycles. The van der Waals surface area contributed by atoms with Gasteiger partial charge in [-0.15, -0.1) is 0 Å². The van der Waals surface area contributed by atoms with E-state index in [0.717, 1.165) is 0 Å². The van der Waals surface area contributed by atoms with Crippen molar-refractivity contribution >= 4 is 17.8 Å². The van der Waals surface area contributed by atoms with E-state index in [1.54, 1.807) is 13.0 Å². The fourth-order valence-electron chi connectivity index (χ4n) is 1.94. The maximum absolute atomic E-state index is 11.7. The highest BCUT2D eigenvalue weighted by molar-refractivity contribution is 5.99. The summed E-state index contributed by atoms with van der Waals surface area (Å²) in [6, 6.07) is 0. The zero-order valence-electron chi connectivity index (χ0n) is 12.2. The molecule has 1 saturated heterocycles. The molecule has 0 radical (unpaired) electrons. The Labute approximate surface area is 124 Å². The van der Waals surface area contributed by atoms with Crippen LogP contribution in [0.2, 0.25) is 0 Å². The van der Waals surface area contributed by atoms with Crippen LogP contribution < -0.4 is 0 Å². The molecule has 0 bridgehead atoms. The summed E-state index contributed by atoms with van der Waals surface area (Å²) in [6.45, 7) is 6.26. The van der Waals surface area contributed by atoms with E-state index in [2.05, 4.69) is 6.58 Å². The Hall–Kier alpha value is -2.11. The SMILES string of the molecule is C=CN1CCC(C(=O)OCCCCOC(=O)/C=C\C)C1=O. The lowest BCUT2D eigenvalue weighted by atomic mass is 10.1. The van der Waals surface area contributed by atoms with Crippen LogP contribution in [0.1, 0.15) is 26.2 Å². The Morgan fingerprint density at radius 3 is 2.57 bits per heavy atom. The van der Waals surface area contributed by atoms with Gasteiger partial charge in [-0.05, 0) is 32.4 Å². The molecule has 0 aromatic rings. The molecule has 1 aliphatic heterocycles. The molecule has 1 unspecified atom stereocenters. The Bertz CT molecular complexity index is 430. The Morgan fingerprint density at radius 1 is 1.33 bits per heavy atom. The maximum atomic E-state index is 11.7. The summed E-state index contributed by atoms with van der Waals surface area (Å²) in [6.07, 6.45) is 6.03. The smallest absolute Gasteiger partial charge is 0.330 e. The molecule has 1 atom stereocenters. The van der Waals surface area contributed by atoms with Gasteiger partial charge in [0.05, 0.1) is 13.2 Å². The molecule has 0 spiro atoms. The minimum atomic E-state index is -0.712. The van der Waals surface area contributed by atoms with Crippen molar-refractivity contribution in [3.05, 3.63) is 24.9 Å². The van der Waals surface area contributed by atoms with E-state index in [-0.39, 0.29) is 25.1 Å². The number of likely N-dealkylation sites (tertiary alicyclic amines) is 1. The highest BCUT2D eigenvalue weighted by Crippen LogP contribution is 2.19. The molecule has 0 N–H and O–H groups in total. The van der Waals surface area contributed by atoms with Crippen molar-refractivity contribution in [3.8, 4) is 0 Å². The quantitative estimate of drug-likeness (QED) is 0.293. The summed E-state index contributed by atoms with van der Waals surface area (Å²) in [5, 5.41) is 0. The Kier molecular flexibility index (Phi) is 7.21. The molecule has 0 aromatic carbocycles. The first-order chi connectivity index (χ1) is 10.1. The van der Waals surface area contributed by atoms with E-state index >= 15 is 0 Å². The van der Waals surface area contributed by atoms with Gasteiger partial charge in [0.15, 0.2) is 0 Å². The second-order valence-electron chi connectivity index (χ2n) is 4.60. The molecular weight excluding hydrogens is 274 g/mol. The summed E-state index contributed by atoms with van der Waals surface area (Å²) in [5.74, 6) is -1.84. The number of hydrogen-bond donors (Lipinski definition) is 0. The highest BCUT2D eigenvalue weighted by Gasteiger charge is 2.36. The summed E-state index contributed by atoms with van der Waals surface area (Å²) in [5.41, 5.74) is 0. The number of carbonyl (C=O) groups excluding carboxylic acids is 3. The number of amides is 1. The molecule has 1 aliphatic rings. The average Bonchev–Trinajstić information content (AvgIpc) is 2.83. The fourth-order valence-corrected chi connectivity index (χ4v) is 1.94. The second kappa shape index (κ2) is 8.94. The van der Waals surface area contributed by atoms with Crippen molar-refractivity contribution in [2.45, 2.75) is 26.2 Å². The minimum Gasteiger partial charge on any atom is -0.465 e. The van der Waals surface area contributed by atoms with E-state index in [9.17, 15) is 14.4 Å². The average molecular weight is 295 g/mol. The van der Waals surface area contributed by atoms with Crippen LogP contribution in [0.5, 0.6) is 0 Å². The van der Waals surface area contributed by atoms with Gasteiger partial charge in [0.1, 0.15) is 5.92 Å². The van der Waals surface area contributed by atoms with Gasteiger partial charge < -0.3 is 14.4 Å². The Morgan fingerprint density at radius 2 is 2.00 bits per heavy atom. The lowest BCUT2D eigenvalue weighted by molar-refractivity contribution is -0.152. The third kappa shape index (κ3) is 5.41. The highest BCUT2D eigenvalue weighted by atomic mass is 16.5. The van der Waals surface area contributed by atoms with E-state index < -0.39 is 11.9 Å². The van der Waals surface area contributed by atoms with Gasteiger partial charge in [0.2, 0.25) is 5.91 Å². The van der Waals surface area contributed by atoms with Crippen molar-refractivity contribution in [2.24, 2.45) is 5.92 Å². The van der Waals surface area contributed by atoms with Gasteiger partial charge in [-0.2, -0.15) is 0 Å². The summed E-state index contributed by atoms with van der Waals surface area (Å²) in [7, 11) is 0. The largest absolute Gasteiger partial charge is 0.465 e. The normalized spacial score (nSPS) is 18.0. The molecule has 21 heavy (non-hydrogen) atoms. The number of allylic oxidation sites excluding steroid dienone is 1. The van der Waals surface area contributed by atoms with Crippen LogP contribution in [-0.2, 0) is 23.9 Å². The van der Waals surface area contributed by atoms with Gasteiger partial charge >= 0.3 is 11.9 Å². The van der Waals surface area contributed by atoms with E-state index in [4.69, 9.17) is 9.47 Å². The molecule has 1 heterocycles. The topological polar surface area (TPSA) is 72.9 Å². The van der Waals surface area contributed by atoms with Gasteiger partial charge in [-0.25, -0.2) is 4.79 Å². The number of nitrogens with zero attached hydrogens (tertiary/aromatic N) is 1. The minimum absolute atomic E-state index is 0.220. The standard InChI is InChI=1S/C15H21NO5/c1-3-7-13(17)20-10-5-6-11-21-15(19)12-8-9-16(4-2)14(12)18/h3-4,7,12H,2,5-6,8-11H2,1H3/b7-3-. The van der Waals surface area contributed by atoms with E-state index in [1.807, 2.05) is 0 Å². The van der Waals surface area contributed by atoms with Crippen molar-refractivity contribution in [3.63, 3.8) is 0 Å². The molecule has 0 aromatic heterocycles. The predicted octanol–water partition coefficient (Wildman–Crippen LogP) is 1.42. The summed E-state index contributed by atoms with van der Waals surface area (Å²) >= 11 is 0. The first-order valence-corrected chi connectivity index (χ1v) is 6.99. The number of rotatable bonds is 8. The molecule has 6 nitrogen and oxygen atoms in total. The summed E-state index contributed by atoms with van der Waals surface area (Å²) in [4.78, 5) is 35.9. The number of unbranched alkanes of at least 4 members (excludes halogenated alkanes) is 1. The zero-order chi connectivity index (χ0) is 15.7. The molecule has 1 fully saturated rings. The molecule has 1 amide bonds. The van der Waals surface area contributed by atoms with E-state index in [0.29, 0.717) is 25.8 Å². The van der Waals surface area contributed by atoms with Crippen molar-refractivity contribution in [2.75, 3.05) is 19.8 Å². The Balaban J connectivity index is 2.13. The first-order valence-electron chi connectivity index (χ1n) is 6.99. The number of ether oxygens (including phenoxy) is 2. The van der Waals surface area contributed by atoms with Crippen LogP contribution in [0.4, 0.5) is 0 Å². The van der Waals surface area contributed by atoms with Crippen molar-refractivity contribution < 1.29 is 23.9 Å². The molecule has 0 saturated carbocycles. The molecular formula is C15H21NO5. The van der Waals surface area contributed by atoms with Gasteiger partial charge in [-0.3, -0.25) is 9.59 Å². The third-order valence-electron chi connectivity index (χ3n) is 3.07. The lowest BCUT2D eigenvalue weighted by Gasteiger charge is -2.10. The molecule has 116 valence electrons. The number of hydrogen-bond acceptors (Lipinski definition) is 5. The predicted molar refractivity (Wildman–Crippen MR) is 76.0 cm³/mol. The maximum Gasteiger partial charge on any atom is 0.330 e. The van der Waals surface area contributed by atoms with Gasteiger partial charge in [0.25, 0.3) is 0 Å². The third-order valence-corrected chi connectivity index (χ3v) is 3.07. The van der Waals surface area contributed by atoms with Crippen LogP contribution in [0, 0.1) is 5.92 Å². The number of carbonyl (C=O) groups is 3. The fraction of sp³-hybridized carbons (Fsp3) is 0.533. The van der Waals surface area contributed by atoms with Crippen molar-refractivity contribution in [1.82, 2.24) is 4.90 Å². The van der Waals surface area contributed by atoms with Gasteiger partial charge in [-0.1, -0.05) is 12.7 Å². The second-order valence-corrected chi connectivity index (χ2v) is 4.60. The van der Waals surface area contributed by atoms with E-state index in [1.165, 1.54) is 17.2 Å². The number of esters is 2. The van der Waals surface area contributed by atoms with Gasteiger partial charge in [0, 0.05) is 12.6 Å². The molecule has 6 heteroatoms. The first kappa shape index (κ1) is 16.9. The molecule has 1 rings (SSSR count). The van der Waals surface area contributed by atoms with Crippen LogP contribution >= 0.6 is 0 Å². The van der Waals surface area contributed by atoms with Crippen LogP contribution in [-0.4, -0.2) is 42.5 Å². The summed E-state index contributed by atoms with van der Waals surface area (Å²) < 4.78 is 9.97. The van der Waals surface area contributed by atoms with Crippen LogP contribution in [0.25, 0.3) is 0 Å². The lowest BCUT2D eigenvalue weighted by Crippen LogP contribution is -2.28. The zero-order valence-corrected chi connectivity index (χ0v) is 12.2. The van der Waals surface area contributed by atoms with Crippen LogP contribution in [0.15, 0.2) is 24.9 Å².